The number of pyridine rings is 2. The van der Waals surface area contributed by atoms with Crippen LogP contribution in [0.1, 0.15) is 27.7 Å². The van der Waals surface area contributed by atoms with E-state index in [0.29, 0.717) is 18.1 Å². The molecule has 0 fully saturated rings. The summed E-state index contributed by atoms with van der Waals surface area (Å²) in [6.07, 6.45) is 3.71. The van der Waals surface area contributed by atoms with Gasteiger partial charge in [-0.25, -0.2) is 9.97 Å². The maximum absolute atomic E-state index is 11.8. The highest BCUT2D eigenvalue weighted by Crippen LogP contribution is 2.35. The van der Waals surface area contributed by atoms with Crippen LogP contribution in [0, 0.1) is 0 Å². The number of thiophene rings is 1. The molecule has 2 aromatic carbocycles. The molecule has 41 heavy (non-hydrogen) atoms. The van der Waals surface area contributed by atoms with E-state index in [-0.39, 0.29) is 5.78 Å². The quantitative estimate of drug-likeness (QED) is 0.178. The van der Waals surface area contributed by atoms with Gasteiger partial charge in [0, 0.05) is 41.5 Å². The number of para-hydroxylation sites is 1. The van der Waals surface area contributed by atoms with E-state index in [1.165, 1.54) is 16.9 Å². The predicted molar refractivity (Wildman–Crippen MR) is 163 cm³/mol. The van der Waals surface area contributed by atoms with Crippen molar-refractivity contribution in [2.75, 3.05) is 0 Å². The minimum Gasteiger partial charge on any atom is -0.336 e. The fraction of sp³-hybridized carbons (Fsp3) is 0.0938. The molecule has 0 saturated carbocycles. The van der Waals surface area contributed by atoms with Crippen molar-refractivity contribution in [1.82, 2.24) is 35.5 Å². The van der Waals surface area contributed by atoms with Crippen LogP contribution >= 0.6 is 11.3 Å². The van der Waals surface area contributed by atoms with E-state index in [1.54, 1.807) is 6.92 Å². The third-order valence-corrected chi connectivity index (χ3v) is 8.17. The van der Waals surface area contributed by atoms with Crippen LogP contribution < -0.4 is 5.32 Å². The number of aromatic nitrogens is 6. The maximum atomic E-state index is 11.8. The Bertz CT molecular complexity index is 2020. The monoisotopic (exact) mass is 555 g/mol. The molecular formula is C32H25N7OS. The molecule has 3 N–H and O–H groups in total. The van der Waals surface area contributed by atoms with E-state index >= 15 is 0 Å². The lowest BCUT2D eigenvalue weighted by Gasteiger charge is -2.07. The molecule has 0 unspecified atom stereocenters. The van der Waals surface area contributed by atoms with Gasteiger partial charge in [0.15, 0.2) is 17.3 Å². The van der Waals surface area contributed by atoms with E-state index in [1.807, 2.05) is 73.1 Å². The van der Waals surface area contributed by atoms with Gasteiger partial charge < -0.3 is 10.3 Å². The second-order valence-corrected chi connectivity index (χ2v) is 10.9. The van der Waals surface area contributed by atoms with Gasteiger partial charge >= 0.3 is 0 Å². The summed E-state index contributed by atoms with van der Waals surface area (Å²) in [5.41, 5.74) is 8.95. The summed E-state index contributed by atoms with van der Waals surface area (Å²) in [6, 6.07) is 26.2. The molecule has 0 atom stereocenters. The van der Waals surface area contributed by atoms with Crippen LogP contribution in [-0.2, 0) is 13.1 Å². The Kier molecular flexibility index (Phi) is 6.42. The number of benzene rings is 2. The summed E-state index contributed by atoms with van der Waals surface area (Å²) < 4.78 is 0. The van der Waals surface area contributed by atoms with E-state index in [0.717, 1.165) is 60.8 Å². The van der Waals surface area contributed by atoms with Gasteiger partial charge in [-0.1, -0.05) is 42.5 Å². The first-order valence-corrected chi connectivity index (χ1v) is 14.1. The van der Waals surface area contributed by atoms with Crippen molar-refractivity contribution in [3.63, 3.8) is 0 Å². The van der Waals surface area contributed by atoms with Crippen LogP contribution in [0.4, 0.5) is 0 Å². The highest BCUT2D eigenvalue weighted by atomic mass is 32.1. The summed E-state index contributed by atoms with van der Waals surface area (Å²) in [4.78, 5) is 31.4. The Morgan fingerprint density at radius 3 is 2.59 bits per heavy atom. The minimum absolute atomic E-state index is 0.0604. The van der Waals surface area contributed by atoms with Crippen LogP contribution in [0.5, 0.6) is 0 Å². The summed E-state index contributed by atoms with van der Waals surface area (Å²) in [6.45, 7) is 3.08. The van der Waals surface area contributed by atoms with Gasteiger partial charge in [-0.05, 0) is 54.4 Å². The van der Waals surface area contributed by atoms with Gasteiger partial charge in [0.05, 0.1) is 27.1 Å². The number of carbonyl (C=O) groups excluding carboxylic acids is 1. The van der Waals surface area contributed by atoms with E-state index in [9.17, 15) is 4.79 Å². The number of fused-ring (bicyclic) bond motifs is 2. The number of H-pyrrole nitrogens is 2. The van der Waals surface area contributed by atoms with Crippen LogP contribution in [0.25, 0.3) is 55.3 Å². The van der Waals surface area contributed by atoms with Crippen molar-refractivity contribution >= 4 is 39.2 Å². The number of carbonyl (C=O) groups is 1. The number of aromatic amines is 2. The van der Waals surface area contributed by atoms with Crippen molar-refractivity contribution in [3.8, 4) is 33.2 Å². The number of ketones is 1. The third kappa shape index (κ3) is 4.93. The molecule has 0 radical (unpaired) electrons. The van der Waals surface area contributed by atoms with Crippen molar-refractivity contribution < 1.29 is 4.79 Å². The Labute approximate surface area is 239 Å². The first-order chi connectivity index (χ1) is 20.1. The first kappa shape index (κ1) is 25.0. The van der Waals surface area contributed by atoms with E-state index in [2.05, 4.69) is 43.7 Å². The zero-order valence-corrected chi connectivity index (χ0v) is 23.0. The van der Waals surface area contributed by atoms with Gasteiger partial charge in [-0.2, -0.15) is 5.10 Å². The largest absolute Gasteiger partial charge is 0.336 e. The normalized spacial score (nSPS) is 11.4. The molecule has 200 valence electrons. The van der Waals surface area contributed by atoms with E-state index < -0.39 is 0 Å². The second kappa shape index (κ2) is 10.5. The lowest BCUT2D eigenvalue weighted by atomic mass is 10.1. The Morgan fingerprint density at radius 2 is 1.73 bits per heavy atom. The molecule has 9 heteroatoms. The molecule has 5 aromatic heterocycles. The zero-order chi connectivity index (χ0) is 27.8. The summed E-state index contributed by atoms with van der Waals surface area (Å²) in [7, 11) is 0. The Balaban J connectivity index is 1.19. The molecule has 0 spiro atoms. The molecule has 0 aliphatic rings. The summed E-state index contributed by atoms with van der Waals surface area (Å²) in [5, 5.41) is 11.1. The number of hydrogen-bond acceptors (Lipinski definition) is 7. The van der Waals surface area contributed by atoms with Gasteiger partial charge in [-0.3, -0.25) is 14.9 Å². The van der Waals surface area contributed by atoms with Crippen LogP contribution in [0.3, 0.4) is 0 Å². The zero-order valence-electron chi connectivity index (χ0n) is 22.2. The number of Topliss-reactive ketones (excluding diaryl/α,β-unsaturated/α-hetero) is 1. The molecule has 5 heterocycles. The number of nitrogens with one attached hydrogen (secondary N) is 3. The molecule has 0 amide bonds. The Morgan fingerprint density at radius 1 is 0.854 bits per heavy atom. The highest BCUT2D eigenvalue weighted by Gasteiger charge is 2.18. The van der Waals surface area contributed by atoms with Gasteiger partial charge in [-0.15, -0.1) is 11.3 Å². The SMILES string of the molecule is CC(=O)c1ccc(-c2cccc3[nH]c(-c4n[nH]c5ccc(-c6cncc(CNCc7ccccc7)c6)nc45)nc23)s1. The van der Waals surface area contributed by atoms with Crippen LogP contribution in [-0.4, -0.2) is 35.9 Å². The smallest absolute Gasteiger partial charge is 0.169 e. The van der Waals surface area contributed by atoms with Crippen molar-refractivity contribution in [1.29, 1.82) is 0 Å². The predicted octanol–water partition coefficient (Wildman–Crippen LogP) is 6.78. The molecule has 0 aliphatic carbocycles. The van der Waals surface area contributed by atoms with Crippen molar-refractivity contribution in [2.45, 2.75) is 20.0 Å². The number of nitrogens with zero attached hydrogens (tertiary/aromatic N) is 4. The average molecular weight is 556 g/mol. The van der Waals surface area contributed by atoms with Crippen molar-refractivity contribution in [2.24, 2.45) is 0 Å². The lowest BCUT2D eigenvalue weighted by Crippen LogP contribution is -2.12. The minimum atomic E-state index is 0.0604. The van der Waals surface area contributed by atoms with Crippen LogP contribution in [0.15, 0.2) is 91.3 Å². The highest BCUT2D eigenvalue weighted by molar-refractivity contribution is 7.17. The molecule has 7 rings (SSSR count). The number of hydrogen-bond donors (Lipinski definition) is 3. The molecule has 8 nitrogen and oxygen atoms in total. The lowest BCUT2D eigenvalue weighted by molar-refractivity contribution is 0.102. The average Bonchev–Trinajstić information content (AvgIpc) is 3.76. The molecule has 0 saturated heterocycles. The molecule has 0 bridgehead atoms. The number of imidazole rings is 1. The van der Waals surface area contributed by atoms with Crippen molar-refractivity contribution in [3.05, 3.63) is 107 Å². The topological polar surface area (TPSA) is 112 Å². The van der Waals surface area contributed by atoms with Gasteiger partial charge in [0.25, 0.3) is 0 Å². The van der Waals surface area contributed by atoms with E-state index in [4.69, 9.17) is 9.97 Å². The second-order valence-electron chi connectivity index (χ2n) is 9.84. The number of rotatable bonds is 8. The first-order valence-electron chi connectivity index (χ1n) is 13.3. The maximum Gasteiger partial charge on any atom is 0.169 e. The summed E-state index contributed by atoms with van der Waals surface area (Å²) >= 11 is 1.47. The summed E-state index contributed by atoms with van der Waals surface area (Å²) in [5.74, 6) is 0.689. The standard InChI is InChI=1S/C32H25N7OS/c1-19(40)27-12-13-28(41-27)23-8-5-9-25-29(23)37-32(36-25)31-30-26(38-39-31)11-10-24(35-30)22-14-21(17-34-18-22)16-33-15-20-6-3-2-4-7-20/h2-14,17-18,33H,15-16H2,1H3,(H,36,37)(H,38,39). The van der Waals surface area contributed by atoms with Gasteiger partial charge in [0.1, 0.15) is 5.52 Å². The molecule has 7 aromatic rings. The van der Waals surface area contributed by atoms with Crippen LogP contribution in [0.2, 0.25) is 0 Å². The molecule has 0 aliphatic heterocycles. The fourth-order valence-electron chi connectivity index (χ4n) is 4.91. The Hall–Kier alpha value is -4.99. The van der Waals surface area contributed by atoms with Gasteiger partial charge in [0.2, 0.25) is 0 Å². The molecular weight excluding hydrogens is 530 g/mol. The fourth-order valence-corrected chi connectivity index (χ4v) is 5.84. The third-order valence-electron chi connectivity index (χ3n) is 6.95.